The van der Waals surface area contributed by atoms with Gasteiger partial charge < -0.3 is 10.2 Å². The van der Waals surface area contributed by atoms with Crippen LogP contribution in [-0.2, 0) is 6.54 Å². The van der Waals surface area contributed by atoms with Crippen LogP contribution in [0.2, 0.25) is 0 Å². The zero-order valence-corrected chi connectivity index (χ0v) is 13.4. The summed E-state index contributed by atoms with van der Waals surface area (Å²) in [5.74, 6) is 0. The molecular formula is C18H30N2. The van der Waals surface area contributed by atoms with Gasteiger partial charge in [-0.1, -0.05) is 44.2 Å². The maximum Gasteiger partial charge on any atom is 0.0230 e. The van der Waals surface area contributed by atoms with Crippen LogP contribution >= 0.6 is 0 Å². The van der Waals surface area contributed by atoms with Gasteiger partial charge >= 0.3 is 0 Å². The van der Waals surface area contributed by atoms with Gasteiger partial charge in [0.05, 0.1) is 0 Å². The molecule has 1 aliphatic carbocycles. The highest BCUT2D eigenvalue weighted by atomic mass is 15.1. The molecule has 0 bridgehead atoms. The third kappa shape index (κ3) is 4.60. The lowest BCUT2D eigenvalue weighted by molar-refractivity contribution is 0.150. The van der Waals surface area contributed by atoms with Crippen LogP contribution < -0.4 is 5.32 Å². The average Bonchev–Trinajstić information content (AvgIpc) is 3.29. The SMILES string of the molecule is CCC(CC)(CNC1CC1)CN(C)Cc1ccccc1. The normalized spacial score (nSPS) is 15.8. The Kier molecular flexibility index (Phi) is 5.62. The van der Waals surface area contributed by atoms with E-state index >= 15 is 0 Å². The molecule has 1 fully saturated rings. The van der Waals surface area contributed by atoms with E-state index in [1.54, 1.807) is 0 Å². The summed E-state index contributed by atoms with van der Waals surface area (Å²) in [7, 11) is 2.25. The van der Waals surface area contributed by atoms with Crippen LogP contribution in [-0.4, -0.2) is 31.1 Å². The second-order valence-electron chi connectivity index (χ2n) is 6.52. The molecule has 112 valence electrons. The Morgan fingerprint density at radius 1 is 1.15 bits per heavy atom. The fourth-order valence-corrected chi connectivity index (χ4v) is 2.95. The minimum absolute atomic E-state index is 0.423. The molecule has 1 aliphatic rings. The van der Waals surface area contributed by atoms with E-state index < -0.39 is 0 Å². The maximum atomic E-state index is 3.74. The Labute approximate surface area is 124 Å². The standard InChI is InChI=1S/C18H30N2/c1-4-18(5-2,14-19-17-11-12-17)15-20(3)13-16-9-7-6-8-10-16/h6-10,17,19H,4-5,11-15H2,1-3H3. The van der Waals surface area contributed by atoms with Gasteiger partial charge in [0.25, 0.3) is 0 Å². The zero-order valence-electron chi connectivity index (χ0n) is 13.4. The average molecular weight is 274 g/mol. The molecule has 0 amide bonds. The van der Waals surface area contributed by atoms with Gasteiger partial charge in [-0.2, -0.15) is 0 Å². The summed E-state index contributed by atoms with van der Waals surface area (Å²) >= 11 is 0. The molecule has 0 heterocycles. The molecule has 2 nitrogen and oxygen atoms in total. The van der Waals surface area contributed by atoms with Gasteiger partial charge in [-0.15, -0.1) is 0 Å². The topological polar surface area (TPSA) is 15.3 Å². The highest BCUT2D eigenvalue weighted by Gasteiger charge is 2.30. The molecule has 0 spiro atoms. The molecule has 0 aliphatic heterocycles. The van der Waals surface area contributed by atoms with Crippen molar-refractivity contribution in [3.8, 4) is 0 Å². The molecule has 0 saturated heterocycles. The van der Waals surface area contributed by atoms with Crippen molar-refractivity contribution in [2.45, 2.75) is 52.1 Å². The molecule has 2 rings (SSSR count). The summed E-state index contributed by atoms with van der Waals surface area (Å²) < 4.78 is 0. The van der Waals surface area contributed by atoms with Crippen molar-refractivity contribution in [3.63, 3.8) is 0 Å². The molecule has 0 radical (unpaired) electrons. The Balaban J connectivity index is 1.88. The van der Waals surface area contributed by atoms with Crippen LogP contribution in [0.25, 0.3) is 0 Å². The first kappa shape index (κ1) is 15.5. The summed E-state index contributed by atoms with van der Waals surface area (Å²) in [5.41, 5.74) is 1.83. The van der Waals surface area contributed by atoms with E-state index in [9.17, 15) is 0 Å². The Morgan fingerprint density at radius 2 is 1.80 bits per heavy atom. The lowest BCUT2D eigenvalue weighted by atomic mass is 9.81. The van der Waals surface area contributed by atoms with Crippen LogP contribution in [0.5, 0.6) is 0 Å². The summed E-state index contributed by atoms with van der Waals surface area (Å²) in [6, 6.07) is 11.6. The summed E-state index contributed by atoms with van der Waals surface area (Å²) in [5, 5.41) is 3.74. The van der Waals surface area contributed by atoms with Gasteiger partial charge in [0.1, 0.15) is 0 Å². The van der Waals surface area contributed by atoms with Crippen molar-refractivity contribution in [3.05, 3.63) is 35.9 Å². The van der Waals surface area contributed by atoms with Gasteiger partial charge in [0.15, 0.2) is 0 Å². The third-order valence-electron chi connectivity index (χ3n) is 4.74. The number of rotatable bonds is 9. The quantitative estimate of drug-likeness (QED) is 0.739. The van der Waals surface area contributed by atoms with Crippen LogP contribution in [0, 0.1) is 5.41 Å². The summed E-state index contributed by atoms with van der Waals surface area (Å²) in [4.78, 5) is 2.48. The molecule has 1 N–H and O–H groups in total. The van der Waals surface area contributed by atoms with Gasteiger partial charge in [-0.3, -0.25) is 0 Å². The summed E-state index contributed by atoms with van der Waals surface area (Å²) in [6.07, 6.45) is 5.26. The maximum absolute atomic E-state index is 3.74. The molecule has 0 aromatic heterocycles. The van der Waals surface area contributed by atoms with E-state index in [-0.39, 0.29) is 0 Å². The molecule has 1 aromatic rings. The first-order chi connectivity index (χ1) is 9.67. The predicted molar refractivity (Wildman–Crippen MR) is 86.8 cm³/mol. The van der Waals surface area contributed by atoms with Gasteiger partial charge in [0.2, 0.25) is 0 Å². The van der Waals surface area contributed by atoms with Gasteiger partial charge in [-0.25, -0.2) is 0 Å². The van der Waals surface area contributed by atoms with Crippen molar-refractivity contribution in [2.75, 3.05) is 20.1 Å². The Hall–Kier alpha value is -0.860. The molecule has 0 atom stereocenters. The molecule has 20 heavy (non-hydrogen) atoms. The Morgan fingerprint density at radius 3 is 2.35 bits per heavy atom. The zero-order chi connectivity index (χ0) is 14.4. The van der Waals surface area contributed by atoms with E-state index in [0.29, 0.717) is 5.41 Å². The second-order valence-corrected chi connectivity index (χ2v) is 6.52. The number of nitrogens with one attached hydrogen (secondary N) is 1. The molecular weight excluding hydrogens is 244 g/mol. The molecule has 1 aromatic carbocycles. The molecule has 2 heteroatoms. The fourth-order valence-electron chi connectivity index (χ4n) is 2.95. The smallest absolute Gasteiger partial charge is 0.0230 e. The van der Waals surface area contributed by atoms with Gasteiger partial charge in [0, 0.05) is 25.7 Å². The van der Waals surface area contributed by atoms with Crippen molar-refractivity contribution in [1.82, 2.24) is 10.2 Å². The van der Waals surface area contributed by atoms with Crippen molar-refractivity contribution >= 4 is 0 Å². The highest BCUT2D eigenvalue weighted by molar-refractivity contribution is 5.14. The molecule has 1 saturated carbocycles. The Bertz CT molecular complexity index is 380. The predicted octanol–water partition coefficient (Wildman–Crippen LogP) is 3.68. The van der Waals surface area contributed by atoms with Crippen molar-refractivity contribution in [1.29, 1.82) is 0 Å². The number of hydrogen-bond acceptors (Lipinski definition) is 2. The monoisotopic (exact) mass is 274 g/mol. The fraction of sp³-hybridized carbons (Fsp3) is 0.667. The van der Waals surface area contributed by atoms with E-state index in [1.165, 1.54) is 44.3 Å². The van der Waals surface area contributed by atoms with Crippen molar-refractivity contribution in [2.24, 2.45) is 5.41 Å². The van der Waals surface area contributed by atoms with E-state index in [4.69, 9.17) is 0 Å². The first-order valence-corrected chi connectivity index (χ1v) is 8.13. The number of benzene rings is 1. The summed E-state index contributed by atoms with van der Waals surface area (Å²) in [6.45, 7) is 8.08. The molecule has 0 unspecified atom stereocenters. The minimum atomic E-state index is 0.423. The van der Waals surface area contributed by atoms with E-state index in [1.807, 2.05) is 0 Å². The number of nitrogens with zero attached hydrogens (tertiary/aromatic N) is 1. The van der Waals surface area contributed by atoms with E-state index in [2.05, 4.69) is 61.4 Å². The largest absolute Gasteiger partial charge is 0.313 e. The van der Waals surface area contributed by atoms with Gasteiger partial charge in [-0.05, 0) is 43.7 Å². The van der Waals surface area contributed by atoms with Crippen molar-refractivity contribution < 1.29 is 0 Å². The highest BCUT2D eigenvalue weighted by Crippen LogP contribution is 2.29. The second kappa shape index (κ2) is 7.24. The lowest BCUT2D eigenvalue weighted by Crippen LogP contribution is -2.42. The minimum Gasteiger partial charge on any atom is -0.313 e. The van der Waals surface area contributed by atoms with Crippen LogP contribution in [0.1, 0.15) is 45.1 Å². The van der Waals surface area contributed by atoms with Crippen LogP contribution in [0.3, 0.4) is 0 Å². The first-order valence-electron chi connectivity index (χ1n) is 8.13. The van der Waals surface area contributed by atoms with Crippen LogP contribution in [0.15, 0.2) is 30.3 Å². The third-order valence-corrected chi connectivity index (χ3v) is 4.74. The van der Waals surface area contributed by atoms with E-state index in [0.717, 1.165) is 12.6 Å². The number of hydrogen-bond donors (Lipinski definition) is 1. The van der Waals surface area contributed by atoms with Crippen LogP contribution in [0.4, 0.5) is 0 Å². The lowest BCUT2D eigenvalue weighted by Gasteiger charge is -2.36.